The summed E-state index contributed by atoms with van der Waals surface area (Å²) < 4.78 is 0. The maximum atomic E-state index is 11.3. The molecular formula is C15H22N4O2. The molecule has 1 aromatic heterocycles. The number of hydrogen-bond acceptors (Lipinski definition) is 5. The standard InChI is InChI=1S/C15H22N4O2/c1-2-16-14-8-7-13(19(20)21)15(17-14)18(9-11-3-4-11)10-12-5-6-12/h7-8,11-12H,2-6,9-10H2,1H3,(H,16,17). The van der Waals surface area contributed by atoms with Gasteiger partial charge in [-0.05, 0) is 50.5 Å². The molecule has 2 aliphatic rings. The fraction of sp³-hybridized carbons (Fsp3) is 0.667. The van der Waals surface area contributed by atoms with Crippen LogP contribution in [-0.4, -0.2) is 29.5 Å². The van der Waals surface area contributed by atoms with E-state index in [1.54, 1.807) is 12.1 Å². The van der Waals surface area contributed by atoms with Crippen LogP contribution < -0.4 is 10.2 Å². The Morgan fingerprint density at radius 3 is 2.38 bits per heavy atom. The number of hydrogen-bond donors (Lipinski definition) is 1. The molecule has 1 N–H and O–H groups in total. The van der Waals surface area contributed by atoms with Crippen molar-refractivity contribution in [3.63, 3.8) is 0 Å². The third-order valence-electron chi connectivity index (χ3n) is 4.06. The lowest BCUT2D eigenvalue weighted by molar-refractivity contribution is -0.384. The largest absolute Gasteiger partial charge is 0.370 e. The number of nitrogens with one attached hydrogen (secondary N) is 1. The zero-order chi connectivity index (χ0) is 14.8. The van der Waals surface area contributed by atoms with E-state index in [0.29, 0.717) is 17.7 Å². The summed E-state index contributed by atoms with van der Waals surface area (Å²) >= 11 is 0. The van der Waals surface area contributed by atoms with E-state index in [-0.39, 0.29) is 10.6 Å². The van der Waals surface area contributed by atoms with Crippen LogP contribution in [0.15, 0.2) is 12.1 Å². The number of anilines is 2. The van der Waals surface area contributed by atoms with Crippen molar-refractivity contribution in [1.29, 1.82) is 0 Å². The first-order valence-electron chi connectivity index (χ1n) is 7.81. The molecule has 6 heteroatoms. The smallest absolute Gasteiger partial charge is 0.311 e. The van der Waals surface area contributed by atoms with Crippen molar-refractivity contribution < 1.29 is 4.92 Å². The molecule has 0 atom stereocenters. The lowest BCUT2D eigenvalue weighted by Crippen LogP contribution is -2.29. The second kappa shape index (κ2) is 5.87. The third-order valence-corrected chi connectivity index (χ3v) is 4.06. The van der Waals surface area contributed by atoms with Gasteiger partial charge in [0, 0.05) is 25.7 Å². The van der Waals surface area contributed by atoms with Gasteiger partial charge < -0.3 is 10.2 Å². The van der Waals surface area contributed by atoms with Gasteiger partial charge >= 0.3 is 5.69 Å². The minimum absolute atomic E-state index is 0.123. The molecule has 2 saturated carbocycles. The Balaban J connectivity index is 1.89. The van der Waals surface area contributed by atoms with E-state index in [2.05, 4.69) is 15.2 Å². The van der Waals surface area contributed by atoms with E-state index in [1.807, 2.05) is 6.92 Å². The average molecular weight is 290 g/mol. The number of aromatic nitrogens is 1. The van der Waals surface area contributed by atoms with Crippen LogP contribution in [0.3, 0.4) is 0 Å². The summed E-state index contributed by atoms with van der Waals surface area (Å²) in [6.45, 7) is 4.56. The molecule has 0 aromatic carbocycles. The van der Waals surface area contributed by atoms with Gasteiger partial charge in [-0.1, -0.05) is 0 Å². The van der Waals surface area contributed by atoms with Crippen molar-refractivity contribution in [3.8, 4) is 0 Å². The van der Waals surface area contributed by atoms with Crippen LogP contribution in [0.1, 0.15) is 32.6 Å². The zero-order valence-electron chi connectivity index (χ0n) is 12.4. The van der Waals surface area contributed by atoms with E-state index >= 15 is 0 Å². The van der Waals surface area contributed by atoms with E-state index in [9.17, 15) is 10.1 Å². The maximum absolute atomic E-state index is 11.3. The summed E-state index contributed by atoms with van der Waals surface area (Å²) in [4.78, 5) is 17.7. The SMILES string of the molecule is CCNc1ccc([N+](=O)[O-])c(N(CC2CC2)CC2CC2)n1. The fourth-order valence-electron chi connectivity index (χ4n) is 2.57. The summed E-state index contributed by atoms with van der Waals surface area (Å²) in [5.41, 5.74) is 0.123. The highest BCUT2D eigenvalue weighted by molar-refractivity contribution is 5.62. The van der Waals surface area contributed by atoms with Crippen molar-refractivity contribution >= 4 is 17.3 Å². The van der Waals surface area contributed by atoms with E-state index in [0.717, 1.165) is 25.5 Å². The highest BCUT2D eigenvalue weighted by Gasteiger charge is 2.33. The first-order chi connectivity index (χ1) is 10.2. The van der Waals surface area contributed by atoms with E-state index in [1.165, 1.54) is 25.7 Å². The number of rotatable bonds is 8. The molecule has 114 valence electrons. The summed E-state index contributed by atoms with van der Waals surface area (Å²) in [5, 5.41) is 14.5. The summed E-state index contributed by atoms with van der Waals surface area (Å²) in [7, 11) is 0. The highest BCUT2D eigenvalue weighted by Crippen LogP contribution is 2.38. The Morgan fingerprint density at radius 2 is 1.90 bits per heavy atom. The van der Waals surface area contributed by atoms with Crippen molar-refractivity contribution in [2.45, 2.75) is 32.6 Å². The molecule has 6 nitrogen and oxygen atoms in total. The number of nitrogens with zero attached hydrogens (tertiary/aromatic N) is 3. The van der Waals surface area contributed by atoms with Crippen LogP contribution in [0.2, 0.25) is 0 Å². The van der Waals surface area contributed by atoms with Crippen molar-refractivity contribution in [1.82, 2.24) is 4.98 Å². The molecule has 0 unspecified atom stereocenters. The molecule has 0 bridgehead atoms. The van der Waals surface area contributed by atoms with Crippen LogP contribution in [0.4, 0.5) is 17.3 Å². The molecule has 3 rings (SSSR count). The minimum atomic E-state index is -0.315. The van der Waals surface area contributed by atoms with Gasteiger partial charge in [-0.3, -0.25) is 10.1 Å². The number of nitro groups is 1. The predicted octanol–water partition coefficient (Wildman–Crippen LogP) is 3.05. The van der Waals surface area contributed by atoms with E-state index in [4.69, 9.17) is 0 Å². The fourth-order valence-corrected chi connectivity index (χ4v) is 2.57. The molecule has 0 amide bonds. The quantitative estimate of drug-likeness (QED) is 0.588. The van der Waals surface area contributed by atoms with Crippen molar-refractivity contribution in [2.75, 3.05) is 29.9 Å². The molecule has 0 aliphatic heterocycles. The zero-order valence-corrected chi connectivity index (χ0v) is 12.4. The molecule has 0 radical (unpaired) electrons. The molecule has 21 heavy (non-hydrogen) atoms. The highest BCUT2D eigenvalue weighted by atomic mass is 16.6. The van der Waals surface area contributed by atoms with Gasteiger partial charge in [-0.15, -0.1) is 0 Å². The predicted molar refractivity (Wildman–Crippen MR) is 82.7 cm³/mol. The summed E-state index contributed by atoms with van der Waals surface area (Å²) in [6.07, 6.45) is 4.95. The first kappa shape index (κ1) is 14.1. The van der Waals surface area contributed by atoms with Crippen LogP contribution in [0.25, 0.3) is 0 Å². The van der Waals surface area contributed by atoms with E-state index < -0.39 is 0 Å². The molecule has 2 fully saturated rings. The minimum Gasteiger partial charge on any atom is -0.370 e. The average Bonchev–Trinajstić information content (AvgIpc) is 3.33. The molecular weight excluding hydrogens is 268 g/mol. The second-order valence-electron chi connectivity index (χ2n) is 6.12. The third kappa shape index (κ3) is 3.62. The molecule has 0 spiro atoms. The molecule has 1 aromatic rings. The first-order valence-corrected chi connectivity index (χ1v) is 7.81. The van der Waals surface area contributed by atoms with Crippen LogP contribution >= 0.6 is 0 Å². The molecule has 0 saturated heterocycles. The van der Waals surface area contributed by atoms with Gasteiger partial charge in [0.25, 0.3) is 0 Å². The van der Waals surface area contributed by atoms with Gasteiger partial charge in [0.2, 0.25) is 5.82 Å². The van der Waals surface area contributed by atoms with Crippen LogP contribution in [0.5, 0.6) is 0 Å². The molecule has 2 aliphatic carbocycles. The Labute approximate surface area is 124 Å². The molecule has 1 heterocycles. The normalized spacial score (nSPS) is 17.6. The Bertz CT molecular complexity index is 512. The maximum Gasteiger partial charge on any atom is 0.311 e. The van der Waals surface area contributed by atoms with Gasteiger partial charge in [-0.25, -0.2) is 4.98 Å². The summed E-state index contributed by atoms with van der Waals surface area (Å²) in [5.74, 6) is 2.63. The monoisotopic (exact) mass is 290 g/mol. The van der Waals surface area contributed by atoms with Gasteiger partial charge in [0.1, 0.15) is 5.82 Å². The summed E-state index contributed by atoms with van der Waals surface area (Å²) in [6, 6.07) is 3.27. The van der Waals surface area contributed by atoms with Crippen molar-refractivity contribution in [2.24, 2.45) is 11.8 Å². The van der Waals surface area contributed by atoms with Gasteiger partial charge in [0.15, 0.2) is 0 Å². The second-order valence-corrected chi connectivity index (χ2v) is 6.12. The van der Waals surface area contributed by atoms with Gasteiger partial charge in [-0.2, -0.15) is 0 Å². The van der Waals surface area contributed by atoms with Crippen LogP contribution in [-0.2, 0) is 0 Å². The van der Waals surface area contributed by atoms with Crippen LogP contribution in [0, 0.1) is 22.0 Å². The lowest BCUT2D eigenvalue weighted by Gasteiger charge is -2.24. The topological polar surface area (TPSA) is 71.3 Å². The lowest BCUT2D eigenvalue weighted by atomic mass is 10.2. The Morgan fingerprint density at radius 1 is 1.29 bits per heavy atom. The van der Waals surface area contributed by atoms with Gasteiger partial charge in [0.05, 0.1) is 4.92 Å². The van der Waals surface area contributed by atoms with Crippen molar-refractivity contribution in [3.05, 3.63) is 22.2 Å². The Kier molecular flexibility index (Phi) is 3.94. The Hall–Kier alpha value is -1.85. The number of pyridine rings is 1.